The van der Waals surface area contributed by atoms with Crippen LogP contribution in [0.5, 0.6) is 0 Å². The van der Waals surface area contributed by atoms with Gasteiger partial charge in [-0.25, -0.2) is 0 Å². The minimum absolute atomic E-state index is 0.436. The third-order valence-corrected chi connectivity index (χ3v) is 4.13. The van der Waals surface area contributed by atoms with Crippen LogP contribution >= 0.6 is 10.6 Å². The molecule has 0 saturated heterocycles. The Morgan fingerprint density at radius 1 is 1.33 bits per heavy atom. The smallest absolute Gasteiger partial charge is 0.0392 e. The van der Waals surface area contributed by atoms with Crippen LogP contribution < -0.4 is 0 Å². The summed E-state index contributed by atoms with van der Waals surface area (Å²) in [5.74, 6) is 0.436. The first-order valence-corrected chi connectivity index (χ1v) is 5.90. The summed E-state index contributed by atoms with van der Waals surface area (Å²) >= 11 is 0. The Labute approximate surface area is 75.3 Å². The summed E-state index contributed by atoms with van der Waals surface area (Å²) in [6.07, 6.45) is 5.60. The summed E-state index contributed by atoms with van der Waals surface area (Å²) in [7, 11) is -2.43. The van der Waals surface area contributed by atoms with Gasteiger partial charge < -0.3 is 0 Å². The molecule has 0 fully saturated rings. The van der Waals surface area contributed by atoms with Crippen molar-refractivity contribution in [3.8, 4) is 0 Å². The minimum atomic E-state index is -2.43. The van der Waals surface area contributed by atoms with Gasteiger partial charge in [0.2, 0.25) is 0 Å². The molecule has 0 aromatic carbocycles. The van der Waals surface area contributed by atoms with Crippen molar-refractivity contribution in [2.45, 2.75) is 26.7 Å². The van der Waals surface area contributed by atoms with Crippen LogP contribution in [0.15, 0.2) is 22.6 Å². The third kappa shape index (κ3) is 2.12. The zero-order valence-electron chi connectivity index (χ0n) is 7.58. The highest BCUT2D eigenvalue weighted by molar-refractivity contribution is 8.27. The fourth-order valence-corrected chi connectivity index (χ4v) is 2.27. The van der Waals surface area contributed by atoms with Crippen LogP contribution in [-0.2, 0) is 0 Å². The van der Waals surface area contributed by atoms with E-state index in [1.54, 1.807) is 6.92 Å². The summed E-state index contributed by atoms with van der Waals surface area (Å²) in [5, 5.41) is 0. The summed E-state index contributed by atoms with van der Waals surface area (Å²) in [4.78, 5) is 0.815. The molecule has 1 aliphatic rings. The van der Waals surface area contributed by atoms with Crippen molar-refractivity contribution >= 4 is 10.6 Å². The van der Waals surface area contributed by atoms with E-state index < -0.39 is 10.6 Å². The maximum Gasteiger partial charge on any atom is 0.0392 e. The van der Waals surface area contributed by atoms with E-state index in [1.807, 2.05) is 12.2 Å². The number of hydrogen-bond donors (Lipinski definition) is 2. The molecule has 0 aliphatic heterocycles. The Hall–Kier alpha value is -0.250. The molecule has 12 heavy (non-hydrogen) atoms. The Bertz CT molecular complexity index is 229. The van der Waals surface area contributed by atoms with Gasteiger partial charge >= 0.3 is 0 Å². The van der Waals surface area contributed by atoms with E-state index in [0.717, 1.165) is 17.7 Å². The second-order valence-corrected chi connectivity index (χ2v) is 5.54. The van der Waals surface area contributed by atoms with Gasteiger partial charge in [-0.1, -0.05) is 11.6 Å². The second-order valence-electron chi connectivity index (χ2n) is 3.10. The number of hydrogen-bond acceptors (Lipinski definition) is 2. The van der Waals surface area contributed by atoms with Crippen molar-refractivity contribution in [3.05, 3.63) is 22.6 Å². The summed E-state index contributed by atoms with van der Waals surface area (Å²) < 4.78 is 19.2. The molecule has 0 aromatic heterocycles. The molecule has 3 heteroatoms. The van der Waals surface area contributed by atoms with E-state index in [1.165, 1.54) is 5.57 Å². The van der Waals surface area contributed by atoms with Crippen LogP contribution in [0.25, 0.3) is 0 Å². The third-order valence-electron chi connectivity index (χ3n) is 2.14. The molecule has 0 bridgehead atoms. The minimum Gasteiger partial charge on any atom is -0.295 e. The highest BCUT2D eigenvalue weighted by atomic mass is 32.3. The molecular weight excluding hydrogens is 172 g/mol. The van der Waals surface area contributed by atoms with E-state index in [9.17, 15) is 9.11 Å². The molecule has 0 saturated carbocycles. The lowest BCUT2D eigenvalue weighted by Gasteiger charge is -2.34. The predicted molar refractivity (Wildman–Crippen MR) is 54.5 cm³/mol. The predicted octanol–water partition coefficient (Wildman–Crippen LogP) is 3.38. The molecule has 0 amide bonds. The van der Waals surface area contributed by atoms with Crippen molar-refractivity contribution in [1.82, 2.24) is 0 Å². The van der Waals surface area contributed by atoms with Crippen LogP contribution in [0.4, 0.5) is 0 Å². The topological polar surface area (TPSA) is 40.5 Å². The Balaban J connectivity index is 2.77. The van der Waals surface area contributed by atoms with E-state index in [-0.39, 0.29) is 0 Å². The maximum atomic E-state index is 9.58. The van der Waals surface area contributed by atoms with Gasteiger partial charge in [0.25, 0.3) is 0 Å². The zero-order valence-corrected chi connectivity index (χ0v) is 8.40. The first-order valence-electron chi connectivity index (χ1n) is 4.18. The van der Waals surface area contributed by atoms with Crippen LogP contribution in [0.3, 0.4) is 0 Å². The molecule has 70 valence electrons. The summed E-state index contributed by atoms with van der Waals surface area (Å²) in [6, 6.07) is 0. The van der Waals surface area contributed by atoms with Crippen LogP contribution in [-0.4, -0.2) is 14.9 Å². The number of allylic oxidation sites excluding steroid dienone is 4. The van der Waals surface area contributed by atoms with E-state index in [4.69, 9.17) is 0 Å². The van der Waals surface area contributed by atoms with Gasteiger partial charge in [-0.05, 0) is 32.8 Å². The second kappa shape index (κ2) is 3.64. The van der Waals surface area contributed by atoms with Gasteiger partial charge in [0.05, 0.1) is 0 Å². The normalized spacial score (nSPS) is 20.0. The molecule has 2 nitrogen and oxygen atoms in total. The average molecular weight is 188 g/mol. The highest BCUT2D eigenvalue weighted by Gasteiger charge is 2.17. The first kappa shape index (κ1) is 9.84. The van der Waals surface area contributed by atoms with Crippen molar-refractivity contribution < 1.29 is 9.11 Å². The monoisotopic (exact) mass is 188 g/mol. The summed E-state index contributed by atoms with van der Waals surface area (Å²) in [6.45, 7) is 3.87. The molecule has 0 aromatic rings. The molecule has 0 atom stereocenters. The van der Waals surface area contributed by atoms with Crippen molar-refractivity contribution in [2.75, 3.05) is 5.75 Å². The molecular formula is C9H16O2S. The quantitative estimate of drug-likeness (QED) is 0.697. The molecule has 0 radical (unpaired) electrons. The van der Waals surface area contributed by atoms with Gasteiger partial charge in [0.1, 0.15) is 0 Å². The van der Waals surface area contributed by atoms with Crippen LogP contribution in [0.1, 0.15) is 26.7 Å². The Morgan fingerprint density at radius 3 is 2.42 bits per heavy atom. The lowest BCUT2D eigenvalue weighted by atomic mass is 10.1. The van der Waals surface area contributed by atoms with Gasteiger partial charge in [0.15, 0.2) is 0 Å². The average Bonchev–Trinajstić information content (AvgIpc) is 2.05. The van der Waals surface area contributed by atoms with Crippen LogP contribution in [0, 0.1) is 0 Å². The lowest BCUT2D eigenvalue weighted by molar-refractivity contribution is 0.495. The lowest BCUT2D eigenvalue weighted by Crippen LogP contribution is -2.05. The van der Waals surface area contributed by atoms with Gasteiger partial charge in [-0.15, -0.1) is 0 Å². The molecule has 1 rings (SSSR count). The van der Waals surface area contributed by atoms with Gasteiger partial charge in [-0.3, -0.25) is 9.11 Å². The fraction of sp³-hybridized carbons (Fsp3) is 0.556. The van der Waals surface area contributed by atoms with Crippen molar-refractivity contribution in [3.63, 3.8) is 0 Å². The fourth-order valence-electron chi connectivity index (χ4n) is 1.18. The van der Waals surface area contributed by atoms with Crippen LogP contribution in [0.2, 0.25) is 0 Å². The maximum absolute atomic E-state index is 9.58. The zero-order chi connectivity index (χ0) is 9.19. The molecule has 0 unspecified atom stereocenters. The van der Waals surface area contributed by atoms with E-state index >= 15 is 0 Å². The van der Waals surface area contributed by atoms with Gasteiger partial charge in [0, 0.05) is 10.7 Å². The Morgan fingerprint density at radius 2 is 2.00 bits per heavy atom. The SMILES string of the molecule is CCS(O)(O)C1=CC=C(C)CC1. The standard InChI is InChI=1S/C9H16O2S/c1-3-12(10,11)9-6-4-8(2)5-7-9/h4,6,10-11H,3,5,7H2,1-2H3. The van der Waals surface area contributed by atoms with Gasteiger partial charge in [-0.2, -0.15) is 10.6 Å². The largest absolute Gasteiger partial charge is 0.295 e. The molecule has 0 heterocycles. The van der Waals surface area contributed by atoms with E-state index in [2.05, 4.69) is 6.92 Å². The summed E-state index contributed by atoms with van der Waals surface area (Å²) in [5.41, 5.74) is 1.31. The molecule has 1 aliphatic carbocycles. The highest BCUT2D eigenvalue weighted by Crippen LogP contribution is 2.50. The van der Waals surface area contributed by atoms with Crippen molar-refractivity contribution in [1.29, 1.82) is 0 Å². The first-order chi connectivity index (χ1) is 5.56. The molecule has 0 spiro atoms. The Kier molecular flexibility index (Phi) is 2.99. The number of rotatable bonds is 2. The molecule has 2 N–H and O–H groups in total. The van der Waals surface area contributed by atoms with E-state index in [0.29, 0.717) is 5.75 Å². The van der Waals surface area contributed by atoms with Crippen molar-refractivity contribution in [2.24, 2.45) is 0 Å².